The number of hydrogen-bond acceptors (Lipinski definition) is 4. The van der Waals surface area contributed by atoms with Crippen LogP contribution in [0.15, 0.2) is 30.3 Å². The van der Waals surface area contributed by atoms with Gasteiger partial charge in [0.15, 0.2) is 0 Å². The first kappa shape index (κ1) is 18.4. The van der Waals surface area contributed by atoms with E-state index in [0.29, 0.717) is 26.2 Å². The highest BCUT2D eigenvalue weighted by Gasteiger charge is 2.28. The van der Waals surface area contributed by atoms with E-state index in [1.807, 2.05) is 30.3 Å². The third-order valence-corrected chi connectivity index (χ3v) is 3.76. The van der Waals surface area contributed by atoms with Gasteiger partial charge in [-0.15, -0.1) is 0 Å². The molecule has 0 heterocycles. The Balaban J connectivity index is 1.82. The van der Waals surface area contributed by atoms with Gasteiger partial charge in [-0.2, -0.15) is 0 Å². The summed E-state index contributed by atoms with van der Waals surface area (Å²) in [4.78, 5) is 24.5. The summed E-state index contributed by atoms with van der Waals surface area (Å²) >= 11 is 0. The van der Waals surface area contributed by atoms with Crippen molar-refractivity contribution >= 4 is 11.8 Å². The van der Waals surface area contributed by atoms with E-state index in [0.717, 1.165) is 18.4 Å². The van der Waals surface area contributed by atoms with Crippen molar-refractivity contribution in [1.29, 1.82) is 0 Å². The van der Waals surface area contributed by atoms with Gasteiger partial charge < -0.3 is 20.1 Å². The van der Waals surface area contributed by atoms with Crippen molar-refractivity contribution in [1.82, 2.24) is 10.6 Å². The third kappa shape index (κ3) is 7.10. The fraction of sp³-hybridized carbons (Fsp3) is 0.556. The van der Waals surface area contributed by atoms with E-state index in [1.54, 1.807) is 7.11 Å². The number of carbonyl (C=O) groups is 2. The second kappa shape index (κ2) is 10.1. The summed E-state index contributed by atoms with van der Waals surface area (Å²) in [5.74, 6) is -0.297. The van der Waals surface area contributed by atoms with Crippen LogP contribution in [0.4, 0.5) is 0 Å². The van der Waals surface area contributed by atoms with Crippen LogP contribution in [-0.4, -0.2) is 50.8 Å². The number of hydrogen-bond donors (Lipinski definition) is 2. The zero-order chi connectivity index (χ0) is 17.2. The van der Waals surface area contributed by atoms with Crippen LogP contribution >= 0.6 is 0 Å². The van der Waals surface area contributed by atoms with E-state index >= 15 is 0 Å². The minimum absolute atomic E-state index is 0.116. The highest BCUT2D eigenvalue weighted by Crippen LogP contribution is 2.19. The zero-order valence-corrected chi connectivity index (χ0v) is 14.1. The van der Waals surface area contributed by atoms with Gasteiger partial charge in [-0.05, 0) is 18.4 Å². The largest absolute Gasteiger partial charge is 0.382 e. The van der Waals surface area contributed by atoms with Gasteiger partial charge in [-0.1, -0.05) is 30.3 Å². The monoisotopic (exact) mass is 334 g/mol. The first-order valence-corrected chi connectivity index (χ1v) is 8.39. The summed E-state index contributed by atoms with van der Waals surface area (Å²) in [6, 6.07) is 9.41. The molecular weight excluding hydrogens is 308 g/mol. The van der Waals surface area contributed by atoms with Crippen molar-refractivity contribution in [3.8, 4) is 0 Å². The van der Waals surface area contributed by atoms with Crippen molar-refractivity contribution in [3.05, 3.63) is 35.9 Å². The lowest BCUT2D eigenvalue weighted by atomic mass is 10.0. The molecule has 1 saturated carbocycles. The van der Waals surface area contributed by atoms with Gasteiger partial charge in [0.25, 0.3) is 0 Å². The first-order valence-electron chi connectivity index (χ1n) is 8.39. The summed E-state index contributed by atoms with van der Waals surface area (Å²) in [7, 11) is 1.60. The predicted octanol–water partition coefficient (Wildman–Crippen LogP) is 1.05. The van der Waals surface area contributed by atoms with Crippen LogP contribution in [0.25, 0.3) is 0 Å². The quantitative estimate of drug-likeness (QED) is 0.593. The summed E-state index contributed by atoms with van der Waals surface area (Å²) < 4.78 is 10.2. The number of ether oxygens (including phenoxy) is 2. The number of nitrogens with one attached hydrogen (secondary N) is 2. The van der Waals surface area contributed by atoms with E-state index in [4.69, 9.17) is 9.47 Å². The van der Waals surface area contributed by atoms with E-state index in [9.17, 15) is 9.59 Å². The highest BCUT2D eigenvalue weighted by atomic mass is 16.5. The minimum atomic E-state index is -0.556. The van der Waals surface area contributed by atoms with Crippen LogP contribution in [0.3, 0.4) is 0 Å². The van der Waals surface area contributed by atoms with Crippen LogP contribution in [0, 0.1) is 0 Å². The van der Waals surface area contributed by atoms with Gasteiger partial charge in [0.2, 0.25) is 11.8 Å². The first-order chi connectivity index (χ1) is 11.7. The average molecular weight is 334 g/mol. The summed E-state index contributed by atoms with van der Waals surface area (Å²) in [6.07, 6.45) is 2.75. The Hall–Kier alpha value is -1.92. The molecule has 1 aliphatic rings. The number of methoxy groups -OCH3 is 1. The Morgan fingerprint density at radius 1 is 1.17 bits per heavy atom. The number of benzene rings is 1. The molecule has 6 nitrogen and oxygen atoms in total. The molecule has 0 spiro atoms. The predicted molar refractivity (Wildman–Crippen MR) is 90.6 cm³/mol. The molecule has 0 saturated heterocycles. The lowest BCUT2D eigenvalue weighted by Crippen LogP contribution is -2.48. The van der Waals surface area contributed by atoms with Gasteiger partial charge in [0.05, 0.1) is 19.8 Å². The van der Waals surface area contributed by atoms with E-state index in [2.05, 4.69) is 10.6 Å². The van der Waals surface area contributed by atoms with Crippen molar-refractivity contribution in [2.45, 2.75) is 37.8 Å². The molecule has 0 aliphatic heterocycles. The molecule has 132 valence electrons. The van der Waals surface area contributed by atoms with Crippen LogP contribution in [0.5, 0.6) is 0 Å². The fourth-order valence-corrected chi connectivity index (χ4v) is 2.26. The Morgan fingerprint density at radius 3 is 2.58 bits per heavy atom. The lowest BCUT2D eigenvalue weighted by Gasteiger charge is -2.18. The highest BCUT2D eigenvalue weighted by molar-refractivity contribution is 5.88. The van der Waals surface area contributed by atoms with E-state index in [1.165, 1.54) is 0 Å². The van der Waals surface area contributed by atoms with Crippen molar-refractivity contribution in [2.75, 3.05) is 26.9 Å². The van der Waals surface area contributed by atoms with Gasteiger partial charge in [0, 0.05) is 26.0 Å². The van der Waals surface area contributed by atoms with Gasteiger partial charge in [0.1, 0.15) is 6.04 Å². The standard InChI is InChI=1S/C18H26N2O4/c1-23-11-12-24-10-9-17(21)20-16(18(22)19-15-7-8-15)13-14-5-3-2-4-6-14/h2-6,15-16H,7-13H2,1H3,(H,19,22)(H,20,21)/t16-/m1/s1. The van der Waals surface area contributed by atoms with Crippen molar-refractivity contribution in [3.63, 3.8) is 0 Å². The topological polar surface area (TPSA) is 76.7 Å². The lowest BCUT2D eigenvalue weighted by molar-refractivity contribution is -0.129. The van der Waals surface area contributed by atoms with Crippen LogP contribution in [-0.2, 0) is 25.5 Å². The molecule has 2 rings (SSSR count). The van der Waals surface area contributed by atoms with Gasteiger partial charge in [-0.25, -0.2) is 0 Å². The molecule has 2 N–H and O–H groups in total. The number of amides is 2. The minimum Gasteiger partial charge on any atom is -0.382 e. The molecule has 0 aromatic heterocycles. The van der Waals surface area contributed by atoms with Crippen LogP contribution in [0.2, 0.25) is 0 Å². The number of rotatable bonds is 11. The maximum Gasteiger partial charge on any atom is 0.243 e. The second-order valence-corrected chi connectivity index (χ2v) is 5.95. The Kier molecular flexibility index (Phi) is 7.71. The molecule has 0 unspecified atom stereocenters. The van der Waals surface area contributed by atoms with Crippen LogP contribution in [0.1, 0.15) is 24.8 Å². The smallest absolute Gasteiger partial charge is 0.243 e. The molecule has 1 aromatic rings. The summed E-state index contributed by atoms with van der Waals surface area (Å²) in [6.45, 7) is 1.28. The molecule has 1 atom stereocenters. The molecule has 0 radical (unpaired) electrons. The third-order valence-electron chi connectivity index (χ3n) is 3.76. The maximum absolute atomic E-state index is 12.4. The van der Waals surface area contributed by atoms with Crippen LogP contribution < -0.4 is 10.6 Å². The van der Waals surface area contributed by atoms with Crippen molar-refractivity contribution < 1.29 is 19.1 Å². The molecular formula is C18H26N2O4. The molecule has 1 aromatic carbocycles. The van der Waals surface area contributed by atoms with E-state index in [-0.39, 0.29) is 24.3 Å². The second-order valence-electron chi connectivity index (χ2n) is 5.95. The molecule has 24 heavy (non-hydrogen) atoms. The molecule has 1 aliphatic carbocycles. The SMILES string of the molecule is COCCOCCC(=O)N[C@H](Cc1ccccc1)C(=O)NC1CC1. The molecule has 0 bridgehead atoms. The summed E-state index contributed by atoms with van der Waals surface area (Å²) in [5.41, 5.74) is 1.02. The Morgan fingerprint density at radius 2 is 1.92 bits per heavy atom. The van der Waals surface area contributed by atoms with Gasteiger partial charge >= 0.3 is 0 Å². The van der Waals surface area contributed by atoms with E-state index < -0.39 is 6.04 Å². The molecule has 6 heteroatoms. The maximum atomic E-state index is 12.4. The summed E-state index contributed by atoms with van der Waals surface area (Å²) in [5, 5.41) is 5.79. The van der Waals surface area contributed by atoms with Crippen molar-refractivity contribution in [2.24, 2.45) is 0 Å². The normalized spacial score (nSPS) is 14.9. The average Bonchev–Trinajstić information content (AvgIpc) is 3.39. The fourth-order valence-electron chi connectivity index (χ4n) is 2.26. The Bertz CT molecular complexity index is 517. The zero-order valence-electron chi connectivity index (χ0n) is 14.1. The number of carbonyl (C=O) groups excluding carboxylic acids is 2. The molecule has 2 amide bonds. The van der Waals surface area contributed by atoms with Gasteiger partial charge in [-0.3, -0.25) is 9.59 Å². The Labute approximate surface area is 142 Å². The molecule has 1 fully saturated rings.